The molecule has 0 bridgehead atoms. The Morgan fingerprint density at radius 2 is 1.86 bits per heavy atom. The Hall–Kier alpha value is -2.69. The van der Waals surface area contributed by atoms with Gasteiger partial charge in [0.25, 0.3) is 0 Å². The van der Waals surface area contributed by atoms with Crippen LogP contribution in [0.15, 0.2) is 36.4 Å². The van der Waals surface area contributed by atoms with E-state index >= 15 is 0 Å². The smallest absolute Gasteiger partial charge is 0.405 e. The van der Waals surface area contributed by atoms with Gasteiger partial charge in [0.2, 0.25) is 0 Å². The number of ether oxygens (including phenoxy) is 3. The first-order chi connectivity index (χ1) is 13.9. The molecule has 1 atom stereocenters. The van der Waals surface area contributed by atoms with Crippen molar-refractivity contribution in [1.82, 2.24) is 0 Å². The summed E-state index contributed by atoms with van der Waals surface area (Å²) in [6.07, 6.45) is 1.83. The second kappa shape index (κ2) is 8.76. The van der Waals surface area contributed by atoms with Gasteiger partial charge in [-0.2, -0.15) is 0 Å². The van der Waals surface area contributed by atoms with E-state index < -0.39 is 6.09 Å². The SMILES string of the molecule is CCCCOc1ccc(-c2cc3c(cc2OCC)[C@H](OC(N)=O)C(C)(C)C3)cc1. The molecular weight excluding hydrogens is 366 g/mol. The summed E-state index contributed by atoms with van der Waals surface area (Å²) in [7, 11) is 0. The van der Waals surface area contributed by atoms with Crippen molar-refractivity contribution in [2.45, 2.75) is 53.1 Å². The van der Waals surface area contributed by atoms with Crippen LogP contribution in [0.5, 0.6) is 11.5 Å². The highest BCUT2D eigenvalue weighted by Crippen LogP contribution is 2.50. The molecule has 0 spiro atoms. The quantitative estimate of drug-likeness (QED) is 0.584. The second-order valence-corrected chi connectivity index (χ2v) is 8.19. The Bertz CT molecular complexity index is 858. The average Bonchev–Trinajstić information content (AvgIpc) is 2.91. The maximum absolute atomic E-state index is 11.4. The van der Waals surface area contributed by atoms with E-state index in [1.807, 2.05) is 25.1 Å². The van der Waals surface area contributed by atoms with Crippen molar-refractivity contribution in [3.05, 3.63) is 47.5 Å². The molecule has 2 aromatic carbocycles. The standard InChI is InChI=1S/C24H31NO4/c1-5-7-12-28-18-10-8-16(9-11-18)19-13-17-15-24(3,4)22(29-23(25)26)20(17)14-21(19)27-6-2/h8-11,13-14,22H,5-7,12,15H2,1-4H3,(H2,25,26)/t22-/m0/s1. The molecule has 1 aliphatic rings. The van der Waals surface area contributed by atoms with Gasteiger partial charge in [-0.25, -0.2) is 4.79 Å². The fraction of sp³-hybridized carbons (Fsp3) is 0.458. The zero-order valence-corrected chi connectivity index (χ0v) is 17.8. The minimum absolute atomic E-state index is 0.226. The molecule has 0 unspecified atom stereocenters. The number of amides is 1. The van der Waals surface area contributed by atoms with Gasteiger partial charge in [0.1, 0.15) is 17.6 Å². The minimum atomic E-state index is -0.753. The van der Waals surface area contributed by atoms with E-state index in [0.717, 1.165) is 59.6 Å². The number of carbonyl (C=O) groups is 1. The summed E-state index contributed by atoms with van der Waals surface area (Å²) in [5, 5.41) is 0. The van der Waals surface area contributed by atoms with Crippen molar-refractivity contribution < 1.29 is 19.0 Å². The van der Waals surface area contributed by atoms with E-state index in [2.05, 4.69) is 39.0 Å². The number of unbranched alkanes of at least 4 members (excludes halogenated alkanes) is 1. The van der Waals surface area contributed by atoms with Gasteiger partial charge >= 0.3 is 6.09 Å². The Balaban J connectivity index is 1.95. The molecule has 2 aromatic rings. The predicted octanol–water partition coefficient (Wildman–Crippen LogP) is 5.65. The molecule has 0 saturated heterocycles. The van der Waals surface area contributed by atoms with Gasteiger partial charge in [-0.15, -0.1) is 0 Å². The van der Waals surface area contributed by atoms with Crippen molar-refractivity contribution in [2.24, 2.45) is 11.1 Å². The highest BCUT2D eigenvalue weighted by Gasteiger charge is 2.42. The maximum Gasteiger partial charge on any atom is 0.405 e. The molecule has 1 aliphatic carbocycles. The third-order valence-electron chi connectivity index (χ3n) is 5.35. The Labute approximate surface area is 173 Å². The Morgan fingerprint density at radius 1 is 1.14 bits per heavy atom. The molecular formula is C24H31NO4. The molecule has 2 N–H and O–H groups in total. The van der Waals surface area contributed by atoms with E-state index in [9.17, 15) is 4.79 Å². The molecule has 5 heteroatoms. The summed E-state index contributed by atoms with van der Waals surface area (Å²) in [6.45, 7) is 9.56. The van der Waals surface area contributed by atoms with Crippen LogP contribution in [0.25, 0.3) is 11.1 Å². The van der Waals surface area contributed by atoms with Gasteiger partial charge in [0, 0.05) is 11.0 Å². The zero-order chi connectivity index (χ0) is 21.0. The first-order valence-electron chi connectivity index (χ1n) is 10.3. The van der Waals surface area contributed by atoms with E-state index in [0.29, 0.717) is 6.61 Å². The van der Waals surface area contributed by atoms with Crippen LogP contribution >= 0.6 is 0 Å². The topological polar surface area (TPSA) is 70.8 Å². The van der Waals surface area contributed by atoms with Gasteiger partial charge in [-0.1, -0.05) is 39.3 Å². The molecule has 5 nitrogen and oxygen atoms in total. The van der Waals surface area contributed by atoms with Gasteiger partial charge in [-0.05, 0) is 60.7 Å². The highest BCUT2D eigenvalue weighted by molar-refractivity contribution is 5.74. The Kier molecular flexibility index (Phi) is 6.36. The lowest BCUT2D eigenvalue weighted by Crippen LogP contribution is -2.25. The molecule has 0 fully saturated rings. The van der Waals surface area contributed by atoms with Gasteiger partial charge in [0.15, 0.2) is 0 Å². The van der Waals surface area contributed by atoms with Crippen molar-refractivity contribution in [3.8, 4) is 22.6 Å². The van der Waals surface area contributed by atoms with Crippen LogP contribution in [0.1, 0.15) is 57.8 Å². The number of hydrogen-bond donors (Lipinski definition) is 1. The van der Waals surface area contributed by atoms with E-state index in [1.54, 1.807) is 0 Å². The lowest BCUT2D eigenvalue weighted by Gasteiger charge is -2.26. The van der Waals surface area contributed by atoms with Crippen molar-refractivity contribution in [2.75, 3.05) is 13.2 Å². The number of carbonyl (C=O) groups excluding carboxylic acids is 1. The summed E-state index contributed by atoms with van der Waals surface area (Å²) in [5.74, 6) is 1.65. The molecule has 0 aliphatic heterocycles. The number of fused-ring (bicyclic) bond motifs is 1. The van der Waals surface area contributed by atoms with Crippen LogP contribution in [0, 0.1) is 5.41 Å². The summed E-state index contributed by atoms with van der Waals surface area (Å²) < 4.78 is 17.2. The predicted molar refractivity (Wildman–Crippen MR) is 114 cm³/mol. The third-order valence-corrected chi connectivity index (χ3v) is 5.35. The maximum atomic E-state index is 11.4. The molecule has 0 radical (unpaired) electrons. The van der Waals surface area contributed by atoms with Crippen LogP contribution in [-0.4, -0.2) is 19.3 Å². The van der Waals surface area contributed by atoms with Crippen molar-refractivity contribution >= 4 is 6.09 Å². The number of hydrogen-bond acceptors (Lipinski definition) is 4. The normalized spacial score (nSPS) is 16.9. The summed E-state index contributed by atoms with van der Waals surface area (Å²) >= 11 is 0. The fourth-order valence-corrected chi connectivity index (χ4v) is 3.95. The minimum Gasteiger partial charge on any atom is -0.494 e. The van der Waals surface area contributed by atoms with Gasteiger partial charge in [0.05, 0.1) is 13.2 Å². The fourth-order valence-electron chi connectivity index (χ4n) is 3.95. The van der Waals surface area contributed by atoms with Crippen LogP contribution in [0.3, 0.4) is 0 Å². The molecule has 0 saturated carbocycles. The summed E-state index contributed by atoms with van der Waals surface area (Å²) in [4.78, 5) is 11.4. The first kappa shape index (κ1) is 21.0. The number of benzene rings is 2. The molecule has 3 rings (SSSR count). The summed E-state index contributed by atoms with van der Waals surface area (Å²) in [6, 6.07) is 12.3. The highest BCUT2D eigenvalue weighted by atomic mass is 16.6. The first-order valence-corrected chi connectivity index (χ1v) is 10.3. The van der Waals surface area contributed by atoms with Crippen molar-refractivity contribution in [3.63, 3.8) is 0 Å². The molecule has 0 heterocycles. The third kappa shape index (κ3) is 4.66. The van der Waals surface area contributed by atoms with Crippen LogP contribution in [0.4, 0.5) is 4.79 Å². The average molecular weight is 398 g/mol. The van der Waals surface area contributed by atoms with Crippen LogP contribution in [-0.2, 0) is 11.2 Å². The second-order valence-electron chi connectivity index (χ2n) is 8.19. The number of primary amides is 1. The van der Waals surface area contributed by atoms with E-state index in [-0.39, 0.29) is 11.5 Å². The molecule has 29 heavy (non-hydrogen) atoms. The largest absolute Gasteiger partial charge is 0.494 e. The Morgan fingerprint density at radius 3 is 2.48 bits per heavy atom. The van der Waals surface area contributed by atoms with Crippen LogP contribution in [0.2, 0.25) is 0 Å². The van der Waals surface area contributed by atoms with E-state index in [4.69, 9.17) is 19.9 Å². The molecule has 156 valence electrons. The lowest BCUT2D eigenvalue weighted by molar-refractivity contribution is 0.0391. The number of nitrogens with two attached hydrogens (primary N) is 1. The van der Waals surface area contributed by atoms with Crippen molar-refractivity contribution in [1.29, 1.82) is 0 Å². The lowest BCUT2D eigenvalue weighted by atomic mass is 9.87. The number of rotatable bonds is 8. The van der Waals surface area contributed by atoms with E-state index in [1.165, 1.54) is 0 Å². The molecule has 1 amide bonds. The zero-order valence-electron chi connectivity index (χ0n) is 17.8. The van der Waals surface area contributed by atoms with Gasteiger partial charge < -0.3 is 19.9 Å². The van der Waals surface area contributed by atoms with Crippen LogP contribution < -0.4 is 15.2 Å². The van der Waals surface area contributed by atoms with Gasteiger partial charge in [-0.3, -0.25) is 0 Å². The molecule has 0 aromatic heterocycles. The monoisotopic (exact) mass is 397 g/mol. The summed E-state index contributed by atoms with van der Waals surface area (Å²) in [5.41, 5.74) is 9.32.